The van der Waals surface area contributed by atoms with Crippen molar-refractivity contribution >= 4 is 0 Å². The van der Waals surface area contributed by atoms with E-state index in [9.17, 15) is 5.11 Å². The molecule has 2 rings (SSSR count). The van der Waals surface area contributed by atoms with E-state index in [1.54, 1.807) is 24.3 Å². The van der Waals surface area contributed by atoms with Crippen molar-refractivity contribution < 1.29 is 9.84 Å². The van der Waals surface area contributed by atoms with Crippen LogP contribution in [0.15, 0.2) is 24.3 Å². The lowest BCUT2D eigenvalue weighted by molar-refractivity contribution is 0.0979. The van der Waals surface area contributed by atoms with Crippen LogP contribution in [-0.4, -0.2) is 29.9 Å². The van der Waals surface area contributed by atoms with Gasteiger partial charge >= 0.3 is 0 Å². The van der Waals surface area contributed by atoms with Crippen LogP contribution < -0.4 is 10.1 Å². The molecule has 1 aromatic rings. The predicted molar refractivity (Wildman–Crippen MR) is 77.5 cm³/mol. The Balaban J connectivity index is 1.74. The highest BCUT2D eigenvalue weighted by atomic mass is 16.5. The number of nitrogens with zero attached hydrogens (tertiary/aromatic N) is 1. The highest BCUT2D eigenvalue weighted by Gasteiger charge is 2.28. The number of ether oxygens (including phenoxy) is 1. The van der Waals surface area contributed by atoms with Gasteiger partial charge in [0.1, 0.15) is 18.5 Å². The molecule has 4 heteroatoms. The lowest BCUT2D eigenvalue weighted by Crippen LogP contribution is -2.44. The van der Waals surface area contributed by atoms with Crippen molar-refractivity contribution in [1.29, 1.82) is 5.26 Å². The van der Waals surface area contributed by atoms with Crippen LogP contribution >= 0.6 is 0 Å². The Labute approximate surface area is 120 Å². The summed E-state index contributed by atoms with van der Waals surface area (Å²) in [4.78, 5) is 0. The van der Waals surface area contributed by atoms with Crippen LogP contribution in [-0.2, 0) is 0 Å². The Morgan fingerprint density at radius 3 is 2.90 bits per heavy atom. The first-order chi connectivity index (χ1) is 9.61. The molecule has 0 heterocycles. The van der Waals surface area contributed by atoms with Crippen LogP contribution in [0.2, 0.25) is 0 Å². The molecule has 108 valence electrons. The molecule has 0 spiro atoms. The van der Waals surface area contributed by atoms with Gasteiger partial charge in [-0.05, 0) is 38.0 Å². The van der Waals surface area contributed by atoms with E-state index in [4.69, 9.17) is 10.00 Å². The first-order valence-electron chi connectivity index (χ1n) is 7.17. The van der Waals surface area contributed by atoms with Crippen molar-refractivity contribution in [3.05, 3.63) is 29.8 Å². The number of benzene rings is 1. The SMILES string of the molecule is CC1(NCC(O)COc2cccc(C#N)c2)CCCC1. The smallest absolute Gasteiger partial charge is 0.120 e. The van der Waals surface area contributed by atoms with Gasteiger partial charge in [0, 0.05) is 12.1 Å². The van der Waals surface area contributed by atoms with E-state index >= 15 is 0 Å². The number of rotatable bonds is 6. The fourth-order valence-corrected chi connectivity index (χ4v) is 2.60. The summed E-state index contributed by atoms with van der Waals surface area (Å²) in [6, 6.07) is 9.04. The summed E-state index contributed by atoms with van der Waals surface area (Å²) in [5.74, 6) is 0.621. The quantitative estimate of drug-likeness (QED) is 0.835. The standard InChI is InChI=1S/C16H22N2O2/c1-16(7-2-3-8-16)18-11-14(19)12-20-15-6-4-5-13(9-15)10-17/h4-6,9,14,18-19H,2-3,7-8,11-12H2,1H3. The van der Waals surface area contributed by atoms with Crippen LogP contribution in [0.4, 0.5) is 0 Å². The predicted octanol–water partition coefficient (Wildman–Crippen LogP) is 2.22. The van der Waals surface area contributed by atoms with Crippen molar-refractivity contribution in [2.24, 2.45) is 0 Å². The fraction of sp³-hybridized carbons (Fsp3) is 0.562. The highest BCUT2D eigenvalue weighted by molar-refractivity contribution is 5.36. The van der Waals surface area contributed by atoms with Crippen molar-refractivity contribution in [2.45, 2.75) is 44.2 Å². The Morgan fingerprint density at radius 1 is 1.45 bits per heavy atom. The number of hydrogen-bond donors (Lipinski definition) is 2. The molecule has 20 heavy (non-hydrogen) atoms. The molecule has 1 aromatic carbocycles. The summed E-state index contributed by atoms with van der Waals surface area (Å²) >= 11 is 0. The lowest BCUT2D eigenvalue weighted by Gasteiger charge is -2.27. The number of hydrogen-bond acceptors (Lipinski definition) is 4. The first-order valence-corrected chi connectivity index (χ1v) is 7.17. The summed E-state index contributed by atoms with van der Waals surface area (Å²) in [6.07, 6.45) is 4.32. The Kier molecular flexibility index (Phi) is 4.99. The normalized spacial score (nSPS) is 18.4. The second-order valence-electron chi connectivity index (χ2n) is 5.75. The van der Waals surface area contributed by atoms with Gasteiger partial charge in [0.05, 0.1) is 11.6 Å². The van der Waals surface area contributed by atoms with Gasteiger partial charge in [-0.15, -0.1) is 0 Å². The molecule has 1 unspecified atom stereocenters. The van der Waals surface area contributed by atoms with Crippen molar-refractivity contribution in [1.82, 2.24) is 5.32 Å². The molecule has 1 atom stereocenters. The number of aliphatic hydroxyl groups excluding tert-OH is 1. The van der Waals surface area contributed by atoms with Gasteiger partial charge in [0.25, 0.3) is 0 Å². The van der Waals surface area contributed by atoms with Crippen LogP contribution in [0.25, 0.3) is 0 Å². The second kappa shape index (κ2) is 6.74. The molecule has 1 saturated carbocycles. The molecular formula is C16H22N2O2. The number of β-amino-alcohol motifs (C(OH)–C–C–N with tert-alkyl or cyclic N) is 1. The van der Waals surface area contributed by atoms with Gasteiger partial charge < -0.3 is 15.2 Å². The van der Waals surface area contributed by atoms with Crippen LogP contribution in [0.1, 0.15) is 38.2 Å². The highest BCUT2D eigenvalue weighted by Crippen LogP contribution is 2.28. The van der Waals surface area contributed by atoms with Crippen molar-refractivity contribution in [3.63, 3.8) is 0 Å². The zero-order chi connectivity index (χ0) is 14.4. The van der Waals surface area contributed by atoms with Gasteiger partial charge in [-0.1, -0.05) is 18.9 Å². The largest absolute Gasteiger partial charge is 0.491 e. The number of nitrogens with one attached hydrogen (secondary N) is 1. The third-order valence-electron chi connectivity index (χ3n) is 3.88. The summed E-state index contributed by atoms with van der Waals surface area (Å²) in [6.45, 7) is 2.98. The van der Waals surface area contributed by atoms with Gasteiger partial charge in [0.2, 0.25) is 0 Å². The number of nitriles is 1. The maximum Gasteiger partial charge on any atom is 0.120 e. The summed E-state index contributed by atoms with van der Waals surface area (Å²) < 4.78 is 5.52. The third-order valence-corrected chi connectivity index (χ3v) is 3.88. The Bertz CT molecular complexity index is 476. The monoisotopic (exact) mass is 274 g/mol. The Morgan fingerprint density at radius 2 is 2.20 bits per heavy atom. The van der Waals surface area contributed by atoms with E-state index in [0.717, 1.165) is 0 Å². The summed E-state index contributed by atoms with van der Waals surface area (Å²) in [5, 5.41) is 22.2. The third kappa shape index (κ3) is 4.22. The summed E-state index contributed by atoms with van der Waals surface area (Å²) in [5.41, 5.74) is 0.732. The van der Waals surface area contributed by atoms with Crippen LogP contribution in [0.3, 0.4) is 0 Å². The fourth-order valence-electron chi connectivity index (χ4n) is 2.60. The van der Waals surface area contributed by atoms with E-state index in [1.165, 1.54) is 25.7 Å². The van der Waals surface area contributed by atoms with Gasteiger partial charge in [-0.25, -0.2) is 0 Å². The van der Waals surface area contributed by atoms with Crippen molar-refractivity contribution in [2.75, 3.05) is 13.2 Å². The van der Waals surface area contributed by atoms with Gasteiger partial charge in [-0.2, -0.15) is 5.26 Å². The molecule has 1 aliphatic carbocycles. The average Bonchev–Trinajstić information content (AvgIpc) is 2.90. The molecule has 0 amide bonds. The zero-order valence-electron chi connectivity index (χ0n) is 11.9. The molecule has 1 fully saturated rings. The first kappa shape index (κ1) is 14.8. The lowest BCUT2D eigenvalue weighted by atomic mass is 10.0. The molecule has 0 aromatic heterocycles. The topological polar surface area (TPSA) is 65.3 Å². The molecule has 0 bridgehead atoms. The van der Waals surface area contributed by atoms with E-state index in [0.29, 0.717) is 17.9 Å². The van der Waals surface area contributed by atoms with Crippen molar-refractivity contribution in [3.8, 4) is 11.8 Å². The minimum absolute atomic E-state index is 0.168. The molecular weight excluding hydrogens is 252 g/mol. The van der Waals surface area contributed by atoms with E-state index in [2.05, 4.69) is 18.3 Å². The average molecular weight is 274 g/mol. The second-order valence-corrected chi connectivity index (χ2v) is 5.75. The van der Waals surface area contributed by atoms with E-state index in [-0.39, 0.29) is 12.1 Å². The number of aliphatic hydroxyl groups is 1. The minimum atomic E-state index is -0.543. The molecule has 0 radical (unpaired) electrons. The van der Waals surface area contributed by atoms with Gasteiger partial charge in [-0.3, -0.25) is 0 Å². The molecule has 0 aliphatic heterocycles. The minimum Gasteiger partial charge on any atom is -0.491 e. The molecule has 1 aliphatic rings. The maximum absolute atomic E-state index is 9.96. The maximum atomic E-state index is 9.96. The Hall–Kier alpha value is -1.57. The molecule has 2 N–H and O–H groups in total. The molecule has 0 saturated heterocycles. The van der Waals surface area contributed by atoms with Gasteiger partial charge in [0.15, 0.2) is 0 Å². The van der Waals surface area contributed by atoms with Crippen LogP contribution in [0.5, 0.6) is 5.75 Å². The van der Waals surface area contributed by atoms with E-state index < -0.39 is 6.10 Å². The zero-order valence-corrected chi connectivity index (χ0v) is 11.9. The molecule has 4 nitrogen and oxygen atoms in total. The van der Waals surface area contributed by atoms with E-state index in [1.807, 2.05) is 0 Å². The summed E-state index contributed by atoms with van der Waals surface area (Å²) in [7, 11) is 0. The van der Waals surface area contributed by atoms with Crippen LogP contribution in [0, 0.1) is 11.3 Å².